The molecule has 1 aliphatic heterocycles. The fourth-order valence-electron chi connectivity index (χ4n) is 3.78. The minimum Gasteiger partial charge on any atom is -0.335 e. The van der Waals surface area contributed by atoms with Crippen LogP contribution in [0.5, 0.6) is 0 Å². The van der Waals surface area contributed by atoms with Gasteiger partial charge in [-0.05, 0) is 43.4 Å². The van der Waals surface area contributed by atoms with Gasteiger partial charge in [0.1, 0.15) is 0 Å². The standard InChI is InChI=1S/C22H24N2O2/c25-21(23-19-9-5-2-6-10-19)18-13-14-20(16-7-3-1-4-8-16)24(15-18)22(26)17-11-12-17/h1-10,17-18,20H,11-15H2,(H,23,25). The molecule has 2 atom stereocenters. The summed E-state index contributed by atoms with van der Waals surface area (Å²) in [5.74, 6) is 0.238. The van der Waals surface area contributed by atoms with E-state index in [4.69, 9.17) is 0 Å². The lowest BCUT2D eigenvalue weighted by Crippen LogP contribution is -2.46. The zero-order valence-corrected chi connectivity index (χ0v) is 14.8. The van der Waals surface area contributed by atoms with Crippen LogP contribution in [0.3, 0.4) is 0 Å². The molecule has 2 aromatic carbocycles. The van der Waals surface area contributed by atoms with E-state index in [9.17, 15) is 9.59 Å². The van der Waals surface area contributed by atoms with Gasteiger partial charge in [0.2, 0.25) is 11.8 Å². The number of likely N-dealkylation sites (tertiary alicyclic amines) is 1. The highest BCUT2D eigenvalue weighted by Crippen LogP contribution is 2.39. The molecule has 134 valence electrons. The Bertz CT molecular complexity index is 771. The van der Waals surface area contributed by atoms with Crippen molar-refractivity contribution in [2.75, 3.05) is 11.9 Å². The third kappa shape index (κ3) is 3.64. The van der Waals surface area contributed by atoms with Crippen LogP contribution in [0, 0.1) is 11.8 Å². The molecule has 1 saturated heterocycles. The maximum absolute atomic E-state index is 12.9. The molecular weight excluding hydrogens is 324 g/mol. The van der Waals surface area contributed by atoms with Crippen molar-refractivity contribution in [3.8, 4) is 0 Å². The highest BCUT2D eigenvalue weighted by molar-refractivity contribution is 5.93. The van der Waals surface area contributed by atoms with Gasteiger partial charge in [-0.2, -0.15) is 0 Å². The first-order valence-corrected chi connectivity index (χ1v) is 9.43. The van der Waals surface area contributed by atoms with Crippen molar-refractivity contribution in [2.24, 2.45) is 11.8 Å². The molecule has 2 aliphatic rings. The van der Waals surface area contributed by atoms with Gasteiger partial charge < -0.3 is 10.2 Å². The number of hydrogen-bond acceptors (Lipinski definition) is 2. The number of nitrogens with one attached hydrogen (secondary N) is 1. The topological polar surface area (TPSA) is 49.4 Å². The molecule has 4 rings (SSSR count). The maximum Gasteiger partial charge on any atom is 0.229 e. The number of piperidine rings is 1. The second-order valence-corrected chi connectivity index (χ2v) is 7.32. The largest absolute Gasteiger partial charge is 0.335 e. The molecule has 2 aromatic rings. The van der Waals surface area contributed by atoms with Gasteiger partial charge in [0, 0.05) is 18.2 Å². The Labute approximate surface area is 154 Å². The molecule has 1 saturated carbocycles. The number of nitrogens with zero attached hydrogens (tertiary/aromatic N) is 1. The average Bonchev–Trinajstić information content (AvgIpc) is 3.54. The third-order valence-corrected chi connectivity index (χ3v) is 5.39. The van der Waals surface area contributed by atoms with Crippen molar-refractivity contribution in [1.82, 2.24) is 4.90 Å². The zero-order valence-electron chi connectivity index (χ0n) is 14.8. The van der Waals surface area contributed by atoms with Gasteiger partial charge in [-0.1, -0.05) is 48.5 Å². The number of para-hydroxylation sites is 1. The van der Waals surface area contributed by atoms with Crippen LogP contribution in [0.15, 0.2) is 60.7 Å². The summed E-state index contributed by atoms with van der Waals surface area (Å²) in [5.41, 5.74) is 1.98. The molecule has 1 heterocycles. The molecule has 2 unspecified atom stereocenters. The van der Waals surface area contributed by atoms with E-state index in [1.807, 2.05) is 53.4 Å². The van der Waals surface area contributed by atoms with Crippen LogP contribution in [-0.2, 0) is 9.59 Å². The second kappa shape index (κ2) is 7.32. The van der Waals surface area contributed by atoms with Gasteiger partial charge in [0.05, 0.1) is 12.0 Å². The van der Waals surface area contributed by atoms with E-state index in [0.717, 1.165) is 31.4 Å². The summed E-state index contributed by atoms with van der Waals surface area (Å²) in [6, 6.07) is 19.8. The highest BCUT2D eigenvalue weighted by atomic mass is 16.2. The molecule has 1 aliphatic carbocycles. The Balaban J connectivity index is 1.50. The van der Waals surface area contributed by atoms with Crippen LogP contribution in [0.1, 0.15) is 37.3 Å². The van der Waals surface area contributed by atoms with Gasteiger partial charge in [0.15, 0.2) is 0 Å². The normalized spacial score (nSPS) is 22.7. The van der Waals surface area contributed by atoms with Crippen LogP contribution in [-0.4, -0.2) is 23.3 Å². The number of amides is 2. The number of benzene rings is 2. The van der Waals surface area contributed by atoms with Crippen molar-refractivity contribution >= 4 is 17.5 Å². The molecule has 4 nitrogen and oxygen atoms in total. The maximum atomic E-state index is 12.9. The summed E-state index contributed by atoms with van der Waals surface area (Å²) in [4.78, 5) is 27.5. The van der Waals surface area contributed by atoms with Crippen molar-refractivity contribution in [1.29, 1.82) is 0 Å². The number of anilines is 1. The van der Waals surface area contributed by atoms with Crippen LogP contribution in [0.25, 0.3) is 0 Å². The average molecular weight is 348 g/mol. The summed E-state index contributed by atoms with van der Waals surface area (Å²) in [6.07, 6.45) is 3.59. The summed E-state index contributed by atoms with van der Waals surface area (Å²) in [6.45, 7) is 0.508. The molecule has 1 N–H and O–H groups in total. The zero-order chi connectivity index (χ0) is 17.9. The fourth-order valence-corrected chi connectivity index (χ4v) is 3.78. The predicted molar refractivity (Wildman–Crippen MR) is 101 cm³/mol. The van der Waals surface area contributed by atoms with Crippen molar-refractivity contribution in [3.05, 3.63) is 66.2 Å². The van der Waals surface area contributed by atoms with E-state index in [0.29, 0.717) is 6.54 Å². The lowest BCUT2D eigenvalue weighted by Gasteiger charge is -2.39. The first kappa shape index (κ1) is 16.8. The first-order chi connectivity index (χ1) is 12.7. The Morgan fingerprint density at radius 3 is 2.08 bits per heavy atom. The lowest BCUT2D eigenvalue weighted by atomic mass is 9.88. The van der Waals surface area contributed by atoms with E-state index in [-0.39, 0.29) is 29.7 Å². The molecule has 2 fully saturated rings. The Kier molecular flexibility index (Phi) is 4.74. The Morgan fingerprint density at radius 2 is 1.42 bits per heavy atom. The van der Waals surface area contributed by atoms with Crippen LogP contribution in [0.2, 0.25) is 0 Å². The van der Waals surface area contributed by atoms with Gasteiger partial charge in [-0.25, -0.2) is 0 Å². The van der Waals surface area contributed by atoms with Gasteiger partial charge >= 0.3 is 0 Å². The summed E-state index contributed by atoms with van der Waals surface area (Å²) in [5, 5.41) is 2.99. The smallest absolute Gasteiger partial charge is 0.229 e. The Morgan fingerprint density at radius 1 is 0.808 bits per heavy atom. The van der Waals surface area contributed by atoms with E-state index in [2.05, 4.69) is 17.4 Å². The van der Waals surface area contributed by atoms with Gasteiger partial charge in [-0.15, -0.1) is 0 Å². The van der Waals surface area contributed by atoms with Crippen molar-refractivity contribution in [2.45, 2.75) is 31.7 Å². The first-order valence-electron chi connectivity index (χ1n) is 9.43. The molecule has 2 amide bonds. The van der Waals surface area contributed by atoms with Crippen molar-refractivity contribution < 1.29 is 9.59 Å². The van der Waals surface area contributed by atoms with Crippen LogP contribution >= 0.6 is 0 Å². The minimum atomic E-state index is -0.155. The summed E-state index contributed by atoms with van der Waals surface area (Å²) in [7, 11) is 0. The van der Waals surface area contributed by atoms with Crippen LogP contribution in [0.4, 0.5) is 5.69 Å². The molecule has 0 bridgehead atoms. The number of carbonyl (C=O) groups is 2. The van der Waals surface area contributed by atoms with Gasteiger partial charge in [-0.3, -0.25) is 9.59 Å². The van der Waals surface area contributed by atoms with E-state index in [1.165, 1.54) is 5.56 Å². The van der Waals surface area contributed by atoms with Crippen molar-refractivity contribution in [3.63, 3.8) is 0 Å². The molecule has 26 heavy (non-hydrogen) atoms. The Hall–Kier alpha value is -2.62. The molecule has 0 spiro atoms. The number of rotatable bonds is 4. The SMILES string of the molecule is O=C(Nc1ccccc1)C1CCC(c2ccccc2)N(C(=O)C2CC2)C1. The molecule has 4 heteroatoms. The third-order valence-electron chi connectivity index (χ3n) is 5.39. The van der Waals surface area contributed by atoms with E-state index < -0.39 is 0 Å². The fraction of sp³-hybridized carbons (Fsp3) is 0.364. The summed E-state index contributed by atoms with van der Waals surface area (Å²) >= 11 is 0. The number of carbonyl (C=O) groups excluding carboxylic acids is 2. The molecule has 0 radical (unpaired) electrons. The van der Waals surface area contributed by atoms with E-state index in [1.54, 1.807) is 0 Å². The quantitative estimate of drug-likeness (QED) is 0.907. The molecular formula is C22H24N2O2. The monoisotopic (exact) mass is 348 g/mol. The predicted octanol–water partition coefficient (Wildman–Crippen LogP) is 4.02. The second-order valence-electron chi connectivity index (χ2n) is 7.32. The summed E-state index contributed by atoms with van der Waals surface area (Å²) < 4.78 is 0. The van der Waals surface area contributed by atoms with Gasteiger partial charge in [0.25, 0.3) is 0 Å². The highest BCUT2D eigenvalue weighted by Gasteiger charge is 2.41. The molecule has 0 aromatic heterocycles. The van der Waals surface area contributed by atoms with Crippen LogP contribution < -0.4 is 5.32 Å². The lowest BCUT2D eigenvalue weighted by molar-refractivity contribution is -0.139. The number of hydrogen-bond donors (Lipinski definition) is 1. The van der Waals surface area contributed by atoms with E-state index >= 15 is 0 Å². The minimum absolute atomic E-state index is 0.0105.